The van der Waals surface area contributed by atoms with Gasteiger partial charge in [0.15, 0.2) is 0 Å². The largest absolute Gasteiger partial charge is 0.490 e. The summed E-state index contributed by atoms with van der Waals surface area (Å²) in [5, 5.41) is 0. The Hall–Kier alpha value is -1.13. The standard InChI is InChI=1S/C15H20FNO2/c16-13-3-1-4-14(12(13)10-17)19-11-5-8-18-15(9-11)6-2-7-15/h1,3-4,11H,2,5-10,17H2. The molecule has 0 aromatic heterocycles. The molecule has 104 valence electrons. The van der Waals surface area contributed by atoms with E-state index < -0.39 is 0 Å². The Morgan fingerprint density at radius 3 is 2.95 bits per heavy atom. The van der Waals surface area contributed by atoms with Gasteiger partial charge in [0, 0.05) is 24.9 Å². The van der Waals surface area contributed by atoms with E-state index in [9.17, 15) is 4.39 Å². The average Bonchev–Trinajstić information content (AvgIpc) is 2.38. The first-order valence-corrected chi connectivity index (χ1v) is 7.00. The zero-order valence-electron chi connectivity index (χ0n) is 11.0. The third kappa shape index (κ3) is 2.47. The van der Waals surface area contributed by atoms with Crippen LogP contribution in [-0.4, -0.2) is 18.3 Å². The van der Waals surface area contributed by atoms with Crippen molar-refractivity contribution in [2.24, 2.45) is 5.73 Å². The summed E-state index contributed by atoms with van der Waals surface area (Å²) in [5.74, 6) is 0.300. The molecule has 1 heterocycles. The third-order valence-electron chi connectivity index (χ3n) is 4.29. The van der Waals surface area contributed by atoms with Crippen LogP contribution < -0.4 is 10.5 Å². The lowest BCUT2D eigenvalue weighted by Gasteiger charge is -2.47. The molecule has 0 radical (unpaired) electrons. The van der Waals surface area contributed by atoms with E-state index in [0.29, 0.717) is 11.3 Å². The van der Waals surface area contributed by atoms with Crippen molar-refractivity contribution in [3.63, 3.8) is 0 Å². The molecule has 0 amide bonds. The van der Waals surface area contributed by atoms with Gasteiger partial charge in [-0.05, 0) is 31.4 Å². The Morgan fingerprint density at radius 1 is 1.42 bits per heavy atom. The van der Waals surface area contributed by atoms with Crippen molar-refractivity contribution >= 4 is 0 Å². The zero-order chi connectivity index (χ0) is 13.3. The van der Waals surface area contributed by atoms with Crippen molar-refractivity contribution in [2.75, 3.05) is 6.61 Å². The number of rotatable bonds is 3. The maximum absolute atomic E-state index is 13.6. The Bertz CT molecular complexity index is 459. The normalized spacial score (nSPS) is 25.1. The smallest absolute Gasteiger partial charge is 0.131 e. The average molecular weight is 265 g/mol. The molecule has 1 saturated heterocycles. The molecule has 1 atom stereocenters. The Morgan fingerprint density at radius 2 is 2.26 bits per heavy atom. The number of benzene rings is 1. The van der Waals surface area contributed by atoms with Crippen LogP contribution in [-0.2, 0) is 11.3 Å². The molecule has 1 aromatic carbocycles. The zero-order valence-corrected chi connectivity index (χ0v) is 11.0. The summed E-state index contributed by atoms with van der Waals surface area (Å²) in [4.78, 5) is 0. The topological polar surface area (TPSA) is 44.5 Å². The van der Waals surface area contributed by atoms with Crippen LogP contribution in [0.5, 0.6) is 5.75 Å². The predicted octanol–water partition coefficient (Wildman–Crippen LogP) is 2.76. The first-order chi connectivity index (χ1) is 9.22. The molecule has 2 fully saturated rings. The number of hydrogen-bond acceptors (Lipinski definition) is 3. The minimum Gasteiger partial charge on any atom is -0.490 e. The van der Waals surface area contributed by atoms with E-state index in [4.69, 9.17) is 15.2 Å². The number of ether oxygens (including phenoxy) is 2. The molecule has 1 aromatic rings. The lowest BCUT2D eigenvalue weighted by atomic mass is 9.74. The van der Waals surface area contributed by atoms with Gasteiger partial charge in [-0.15, -0.1) is 0 Å². The van der Waals surface area contributed by atoms with E-state index in [2.05, 4.69) is 0 Å². The highest BCUT2D eigenvalue weighted by Gasteiger charge is 2.43. The lowest BCUT2D eigenvalue weighted by molar-refractivity contribution is -0.153. The monoisotopic (exact) mass is 265 g/mol. The van der Waals surface area contributed by atoms with Crippen LogP contribution in [0.15, 0.2) is 18.2 Å². The summed E-state index contributed by atoms with van der Waals surface area (Å²) < 4.78 is 25.5. The second-order valence-corrected chi connectivity index (χ2v) is 5.54. The molecule has 2 N–H and O–H groups in total. The fraction of sp³-hybridized carbons (Fsp3) is 0.600. The van der Waals surface area contributed by atoms with Gasteiger partial charge in [0.05, 0.1) is 12.2 Å². The Labute approximate surface area is 112 Å². The lowest BCUT2D eigenvalue weighted by Crippen LogP contribution is -2.48. The van der Waals surface area contributed by atoms with E-state index in [-0.39, 0.29) is 24.1 Å². The molecule has 19 heavy (non-hydrogen) atoms. The maximum Gasteiger partial charge on any atom is 0.131 e. The highest BCUT2D eigenvalue weighted by Crippen LogP contribution is 2.43. The fourth-order valence-electron chi connectivity index (χ4n) is 3.03. The van der Waals surface area contributed by atoms with Gasteiger partial charge >= 0.3 is 0 Å². The molecule has 1 saturated carbocycles. The van der Waals surface area contributed by atoms with Gasteiger partial charge in [0.1, 0.15) is 17.7 Å². The molecule has 3 nitrogen and oxygen atoms in total. The van der Waals surface area contributed by atoms with Gasteiger partial charge in [-0.2, -0.15) is 0 Å². The first-order valence-electron chi connectivity index (χ1n) is 7.00. The molecular weight excluding hydrogens is 245 g/mol. The summed E-state index contributed by atoms with van der Waals surface area (Å²) in [6.45, 7) is 0.897. The third-order valence-corrected chi connectivity index (χ3v) is 4.29. The molecule has 2 aliphatic rings. The maximum atomic E-state index is 13.6. The number of halogens is 1. The van der Waals surface area contributed by atoms with Crippen molar-refractivity contribution in [1.82, 2.24) is 0 Å². The van der Waals surface area contributed by atoms with Crippen molar-refractivity contribution in [3.05, 3.63) is 29.6 Å². The number of hydrogen-bond donors (Lipinski definition) is 1. The number of nitrogens with two attached hydrogens (primary N) is 1. The quantitative estimate of drug-likeness (QED) is 0.914. The van der Waals surface area contributed by atoms with E-state index in [0.717, 1.165) is 32.3 Å². The molecule has 3 rings (SSSR count). The summed E-state index contributed by atoms with van der Waals surface area (Å²) in [7, 11) is 0. The van der Waals surface area contributed by atoms with Gasteiger partial charge in [0.2, 0.25) is 0 Å². The molecular formula is C15H20FNO2. The summed E-state index contributed by atoms with van der Waals surface area (Å²) in [6.07, 6.45) is 5.37. The molecule has 1 aliphatic carbocycles. The van der Waals surface area contributed by atoms with Gasteiger partial charge in [-0.1, -0.05) is 6.07 Å². The predicted molar refractivity (Wildman–Crippen MR) is 70.5 cm³/mol. The van der Waals surface area contributed by atoms with Crippen LogP contribution in [0.25, 0.3) is 0 Å². The van der Waals surface area contributed by atoms with Gasteiger partial charge < -0.3 is 15.2 Å². The Kier molecular flexibility index (Phi) is 3.46. The van der Waals surface area contributed by atoms with Gasteiger partial charge in [-0.25, -0.2) is 4.39 Å². The summed E-state index contributed by atoms with van der Waals surface area (Å²) in [6, 6.07) is 4.89. The molecule has 1 spiro atoms. The van der Waals surface area contributed by atoms with Crippen LogP contribution in [0.1, 0.15) is 37.7 Å². The highest BCUT2D eigenvalue weighted by molar-refractivity contribution is 5.34. The van der Waals surface area contributed by atoms with Crippen molar-refractivity contribution < 1.29 is 13.9 Å². The molecule has 1 unspecified atom stereocenters. The van der Waals surface area contributed by atoms with Crippen LogP contribution in [0.2, 0.25) is 0 Å². The second-order valence-electron chi connectivity index (χ2n) is 5.54. The van der Waals surface area contributed by atoms with Crippen LogP contribution >= 0.6 is 0 Å². The van der Waals surface area contributed by atoms with E-state index in [1.807, 2.05) is 0 Å². The second kappa shape index (κ2) is 5.10. The van der Waals surface area contributed by atoms with E-state index in [1.54, 1.807) is 12.1 Å². The SMILES string of the molecule is NCc1c(F)cccc1OC1CCOC2(CCC2)C1. The summed E-state index contributed by atoms with van der Waals surface area (Å²) >= 11 is 0. The first kappa shape index (κ1) is 12.9. The van der Waals surface area contributed by atoms with Crippen molar-refractivity contribution in [2.45, 2.75) is 50.4 Å². The minimum absolute atomic E-state index is 0.0408. The fourth-order valence-corrected chi connectivity index (χ4v) is 3.03. The Balaban J connectivity index is 1.72. The minimum atomic E-state index is -0.287. The molecule has 4 heteroatoms. The van der Waals surface area contributed by atoms with E-state index >= 15 is 0 Å². The molecule has 0 bridgehead atoms. The van der Waals surface area contributed by atoms with Crippen LogP contribution in [0, 0.1) is 5.82 Å². The van der Waals surface area contributed by atoms with Gasteiger partial charge in [-0.3, -0.25) is 0 Å². The summed E-state index contributed by atoms with van der Waals surface area (Å²) in [5.41, 5.74) is 6.11. The van der Waals surface area contributed by atoms with Crippen molar-refractivity contribution in [3.8, 4) is 5.75 Å². The van der Waals surface area contributed by atoms with Crippen LogP contribution in [0.4, 0.5) is 4.39 Å². The van der Waals surface area contributed by atoms with Gasteiger partial charge in [0.25, 0.3) is 0 Å². The van der Waals surface area contributed by atoms with Crippen molar-refractivity contribution in [1.29, 1.82) is 0 Å². The van der Waals surface area contributed by atoms with Crippen LogP contribution in [0.3, 0.4) is 0 Å². The molecule has 1 aliphatic heterocycles. The van der Waals surface area contributed by atoms with E-state index in [1.165, 1.54) is 12.5 Å². The highest BCUT2D eigenvalue weighted by atomic mass is 19.1.